The van der Waals surface area contributed by atoms with Crippen LogP contribution in [0.3, 0.4) is 0 Å². The zero-order valence-electron chi connectivity index (χ0n) is 13.4. The molecule has 0 saturated heterocycles. The summed E-state index contributed by atoms with van der Waals surface area (Å²) in [7, 11) is 5.40. The van der Waals surface area contributed by atoms with Crippen molar-refractivity contribution < 1.29 is 9.47 Å². The Balaban J connectivity index is 2.27. The van der Waals surface area contributed by atoms with E-state index in [4.69, 9.17) is 9.47 Å². The predicted octanol–water partition coefficient (Wildman–Crippen LogP) is 3.89. The molecule has 0 aliphatic heterocycles. The topological polar surface area (TPSA) is 30.5 Å². The first-order valence-electron chi connectivity index (χ1n) is 7.85. The Bertz CT molecular complexity index is 454. The second-order valence-electron chi connectivity index (χ2n) is 5.73. The molecule has 21 heavy (non-hydrogen) atoms. The summed E-state index contributed by atoms with van der Waals surface area (Å²) in [6, 6.07) is 6.05. The first kappa shape index (κ1) is 15.9. The Morgan fingerprint density at radius 2 is 1.71 bits per heavy atom. The smallest absolute Gasteiger partial charge is 0.123 e. The Hall–Kier alpha value is -1.48. The van der Waals surface area contributed by atoms with Crippen LogP contribution in [0.5, 0.6) is 11.5 Å². The van der Waals surface area contributed by atoms with Crippen molar-refractivity contribution in [3.63, 3.8) is 0 Å². The summed E-state index contributed by atoms with van der Waals surface area (Å²) < 4.78 is 10.7. The minimum Gasteiger partial charge on any atom is -0.497 e. The van der Waals surface area contributed by atoms with Crippen LogP contribution in [0.25, 0.3) is 6.08 Å². The average Bonchev–Trinajstić information content (AvgIpc) is 2.55. The maximum atomic E-state index is 5.36. The van der Waals surface area contributed by atoms with Gasteiger partial charge in [-0.2, -0.15) is 0 Å². The van der Waals surface area contributed by atoms with Crippen LogP contribution in [0.4, 0.5) is 0 Å². The number of hydrogen-bond acceptors (Lipinski definition) is 3. The molecule has 1 saturated carbocycles. The number of rotatable bonds is 6. The van der Waals surface area contributed by atoms with Crippen molar-refractivity contribution >= 4 is 6.08 Å². The second kappa shape index (κ2) is 8.08. The Labute approximate surface area is 128 Å². The number of ether oxygens (including phenoxy) is 2. The van der Waals surface area contributed by atoms with Gasteiger partial charge in [0.1, 0.15) is 11.5 Å². The number of benzene rings is 1. The van der Waals surface area contributed by atoms with Crippen molar-refractivity contribution in [2.45, 2.75) is 32.1 Å². The lowest BCUT2D eigenvalue weighted by Gasteiger charge is -2.24. The summed E-state index contributed by atoms with van der Waals surface area (Å²) in [6.07, 6.45) is 9.03. The van der Waals surface area contributed by atoms with E-state index in [1.54, 1.807) is 14.2 Å². The third-order valence-electron chi connectivity index (χ3n) is 4.24. The highest BCUT2D eigenvalue weighted by Gasteiger charge is 2.17. The standard InChI is InChI=1S/C18H27NO2/c1-19-13-16(15-7-5-4-6-8-15)9-14-10-17(20-2)12-18(11-14)21-3/h9-12,15,19H,4-8,13H2,1-3H3/b16-9-. The first-order valence-corrected chi connectivity index (χ1v) is 7.85. The monoisotopic (exact) mass is 289 g/mol. The zero-order chi connectivity index (χ0) is 15.1. The van der Waals surface area contributed by atoms with Crippen LogP contribution in [0.1, 0.15) is 37.7 Å². The molecule has 0 bridgehead atoms. The minimum atomic E-state index is 0.711. The molecule has 0 aromatic heterocycles. The number of likely N-dealkylation sites (N-methyl/N-ethyl adjacent to an activating group) is 1. The van der Waals surface area contributed by atoms with Gasteiger partial charge < -0.3 is 14.8 Å². The van der Waals surface area contributed by atoms with Crippen molar-refractivity contribution in [3.8, 4) is 11.5 Å². The molecule has 1 aliphatic carbocycles. The van der Waals surface area contributed by atoms with Crippen LogP contribution in [-0.4, -0.2) is 27.8 Å². The molecule has 1 fully saturated rings. The minimum absolute atomic E-state index is 0.711. The van der Waals surface area contributed by atoms with Crippen molar-refractivity contribution in [3.05, 3.63) is 29.3 Å². The van der Waals surface area contributed by atoms with Gasteiger partial charge in [-0.3, -0.25) is 0 Å². The summed E-state index contributed by atoms with van der Waals surface area (Å²) >= 11 is 0. The summed E-state index contributed by atoms with van der Waals surface area (Å²) in [5.74, 6) is 2.39. The lowest BCUT2D eigenvalue weighted by molar-refractivity contribution is 0.393. The summed E-state index contributed by atoms with van der Waals surface area (Å²) in [4.78, 5) is 0. The molecule has 2 rings (SSSR count). The van der Waals surface area contributed by atoms with Crippen LogP contribution in [0, 0.1) is 5.92 Å². The number of nitrogens with one attached hydrogen (secondary N) is 1. The quantitative estimate of drug-likeness (QED) is 0.862. The normalized spacial score (nSPS) is 16.8. The number of methoxy groups -OCH3 is 2. The largest absolute Gasteiger partial charge is 0.497 e. The molecule has 3 nitrogen and oxygen atoms in total. The van der Waals surface area contributed by atoms with Gasteiger partial charge in [0, 0.05) is 12.6 Å². The van der Waals surface area contributed by atoms with Crippen molar-refractivity contribution in [2.24, 2.45) is 5.92 Å². The zero-order valence-corrected chi connectivity index (χ0v) is 13.4. The van der Waals surface area contributed by atoms with Crippen molar-refractivity contribution in [1.82, 2.24) is 5.32 Å². The lowest BCUT2D eigenvalue weighted by atomic mass is 9.83. The molecule has 0 heterocycles. The Morgan fingerprint density at radius 3 is 2.24 bits per heavy atom. The van der Waals surface area contributed by atoms with E-state index in [9.17, 15) is 0 Å². The van der Waals surface area contributed by atoms with Gasteiger partial charge in [0.05, 0.1) is 14.2 Å². The van der Waals surface area contributed by atoms with E-state index in [-0.39, 0.29) is 0 Å². The third kappa shape index (κ3) is 4.50. The van der Waals surface area contributed by atoms with Crippen LogP contribution >= 0.6 is 0 Å². The molecule has 1 aromatic carbocycles. The van der Waals surface area contributed by atoms with Crippen molar-refractivity contribution in [2.75, 3.05) is 27.8 Å². The summed E-state index contributed by atoms with van der Waals surface area (Å²) in [6.45, 7) is 0.949. The summed E-state index contributed by atoms with van der Waals surface area (Å²) in [5.41, 5.74) is 2.65. The van der Waals surface area contributed by atoms with E-state index >= 15 is 0 Å². The van der Waals surface area contributed by atoms with Crippen LogP contribution in [0.15, 0.2) is 23.8 Å². The summed E-state index contributed by atoms with van der Waals surface area (Å²) in [5, 5.41) is 3.31. The fraction of sp³-hybridized carbons (Fsp3) is 0.556. The molecular weight excluding hydrogens is 262 g/mol. The highest BCUT2D eigenvalue weighted by atomic mass is 16.5. The third-order valence-corrected chi connectivity index (χ3v) is 4.24. The molecular formula is C18H27NO2. The molecule has 116 valence electrons. The van der Waals surface area contributed by atoms with Gasteiger partial charge in [-0.05, 0) is 43.5 Å². The van der Waals surface area contributed by atoms with E-state index in [1.165, 1.54) is 37.7 Å². The maximum Gasteiger partial charge on any atom is 0.123 e. The lowest BCUT2D eigenvalue weighted by Crippen LogP contribution is -2.19. The fourth-order valence-electron chi connectivity index (χ4n) is 3.12. The Morgan fingerprint density at radius 1 is 1.10 bits per heavy atom. The highest BCUT2D eigenvalue weighted by Crippen LogP contribution is 2.32. The van der Waals surface area contributed by atoms with Gasteiger partial charge in [0.2, 0.25) is 0 Å². The van der Waals surface area contributed by atoms with Crippen molar-refractivity contribution in [1.29, 1.82) is 0 Å². The van der Waals surface area contributed by atoms with Gasteiger partial charge >= 0.3 is 0 Å². The molecule has 1 N–H and O–H groups in total. The molecule has 1 aromatic rings. The molecule has 1 aliphatic rings. The van der Waals surface area contributed by atoms with E-state index in [1.807, 2.05) is 13.1 Å². The molecule has 0 radical (unpaired) electrons. The highest BCUT2D eigenvalue weighted by molar-refractivity contribution is 5.58. The maximum absolute atomic E-state index is 5.36. The van der Waals surface area contributed by atoms with Crippen LogP contribution < -0.4 is 14.8 Å². The van der Waals surface area contributed by atoms with Crippen LogP contribution in [0.2, 0.25) is 0 Å². The Kier molecular flexibility index (Phi) is 6.12. The van der Waals surface area contributed by atoms with Gasteiger partial charge in [-0.1, -0.05) is 30.9 Å². The average molecular weight is 289 g/mol. The van der Waals surface area contributed by atoms with Gasteiger partial charge in [0.25, 0.3) is 0 Å². The van der Waals surface area contributed by atoms with E-state index in [0.29, 0.717) is 5.92 Å². The fourth-order valence-corrected chi connectivity index (χ4v) is 3.12. The van der Waals surface area contributed by atoms with Gasteiger partial charge in [-0.25, -0.2) is 0 Å². The molecule has 0 atom stereocenters. The predicted molar refractivity (Wildman–Crippen MR) is 88.0 cm³/mol. The molecule has 0 unspecified atom stereocenters. The second-order valence-corrected chi connectivity index (χ2v) is 5.73. The van der Waals surface area contributed by atoms with Gasteiger partial charge in [0.15, 0.2) is 0 Å². The van der Waals surface area contributed by atoms with Gasteiger partial charge in [-0.15, -0.1) is 0 Å². The first-order chi connectivity index (χ1) is 10.3. The van der Waals surface area contributed by atoms with Crippen LogP contribution in [-0.2, 0) is 0 Å². The van der Waals surface area contributed by atoms with E-state index < -0.39 is 0 Å². The van der Waals surface area contributed by atoms with E-state index in [0.717, 1.165) is 23.6 Å². The molecule has 0 amide bonds. The molecule has 3 heteroatoms. The van der Waals surface area contributed by atoms with E-state index in [2.05, 4.69) is 23.5 Å². The molecule has 0 spiro atoms. The SMILES string of the molecule is CNC/C(=C/c1cc(OC)cc(OC)c1)C1CCCCC1. The number of hydrogen-bond donors (Lipinski definition) is 1.